The fourth-order valence-electron chi connectivity index (χ4n) is 1.97. The van der Waals surface area contributed by atoms with Gasteiger partial charge in [0.05, 0.1) is 17.3 Å². The Hall–Kier alpha value is -0.800. The van der Waals surface area contributed by atoms with Crippen LogP contribution in [0, 0.1) is 6.92 Å². The highest BCUT2D eigenvalue weighted by atomic mass is 35.5. The zero-order chi connectivity index (χ0) is 15.1. The van der Waals surface area contributed by atoms with Gasteiger partial charge in [-0.25, -0.2) is 8.42 Å². The lowest BCUT2D eigenvalue weighted by Crippen LogP contribution is -2.40. The van der Waals surface area contributed by atoms with E-state index in [-0.39, 0.29) is 22.2 Å². The van der Waals surface area contributed by atoms with Crippen LogP contribution in [0.15, 0.2) is 4.90 Å². The molecule has 1 heterocycles. The van der Waals surface area contributed by atoms with Crippen LogP contribution in [-0.4, -0.2) is 41.7 Å². The van der Waals surface area contributed by atoms with Crippen LogP contribution in [0.3, 0.4) is 0 Å². The second-order valence-corrected chi connectivity index (χ2v) is 6.75. The smallest absolute Gasteiger partial charge is 0.281 e. The number of halogens is 4. The summed E-state index contributed by atoms with van der Waals surface area (Å²) >= 11 is 5.60. The zero-order valence-corrected chi connectivity index (χ0v) is 12.1. The molecular weight excluding hydrogens is 319 g/mol. The monoisotopic (exact) mass is 331 g/mol. The Bertz CT molecular complexity index is 595. The van der Waals surface area contributed by atoms with E-state index in [2.05, 4.69) is 10.2 Å². The standard InChI is InChI=1S/C10H13ClF3N3O2S/c1-6-9(8(4-11)16-15-6)20(18,19)17(7-2-3-7)5-10(12,13)14/h7H,2-5H2,1H3,(H,15,16). The molecule has 114 valence electrons. The van der Waals surface area contributed by atoms with Crippen molar-refractivity contribution < 1.29 is 21.6 Å². The molecule has 1 aromatic heterocycles. The van der Waals surface area contributed by atoms with Gasteiger partial charge in [0.2, 0.25) is 10.0 Å². The molecule has 0 aliphatic heterocycles. The summed E-state index contributed by atoms with van der Waals surface area (Å²) in [5, 5.41) is 6.16. The van der Waals surface area contributed by atoms with Gasteiger partial charge < -0.3 is 0 Å². The van der Waals surface area contributed by atoms with Crippen molar-refractivity contribution in [2.24, 2.45) is 0 Å². The van der Waals surface area contributed by atoms with E-state index in [4.69, 9.17) is 11.6 Å². The summed E-state index contributed by atoms with van der Waals surface area (Å²) in [4.78, 5) is -0.247. The van der Waals surface area contributed by atoms with Crippen LogP contribution in [0.5, 0.6) is 0 Å². The second kappa shape index (κ2) is 5.19. The van der Waals surface area contributed by atoms with E-state index in [0.717, 1.165) is 0 Å². The summed E-state index contributed by atoms with van der Waals surface area (Å²) in [5.41, 5.74) is 0.227. The number of aromatic nitrogens is 2. The van der Waals surface area contributed by atoms with Crippen LogP contribution in [-0.2, 0) is 15.9 Å². The van der Waals surface area contributed by atoms with Crippen LogP contribution in [0.1, 0.15) is 24.2 Å². The third-order valence-electron chi connectivity index (χ3n) is 2.94. The number of nitrogens with one attached hydrogen (secondary N) is 1. The maximum atomic E-state index is 12.6. The molecule has 0 saturated heterocycles. The number of aromatic amines is 1. The van der Waals surface area contributed by atoms with Gasteiger partial charge in [0, 0.05) is 6.04 Å². The first-order chi connectivity index (χ1) is 9.16. The Kier molecular flexibility index (Phi) is 4.05. The molecule has 0 amide bonds. The molecule has 0 bridgehead atoms. The summed E-state index contributed by atoms with van der Waals surface area (Å²) in [7, 11) is -4.27. The molecule has 10 heteroatoms. The van der Waals surface area contributed by atoms with Crippen molar-refractivity contribution >= 4 is 21.6 Å². The van der Waals surface area contributed by atoms with E-state index in [1.807, 2.05) is 0 Å². The van der Waals surface area contributed by atoms with Gasteiger partial charge in [-0.15, -0.1) is 11.6 Å². The van der Waals surface area contributed by atoms with E-state index in [1.165, 1.54) is 6.92 Å². The molecule has 1 fully saturated rings. The Labute approximate surface area is 119 Å². The zero-order valence-electron chi connectivity index (χ0n) is 10.5. The average molecular weight is 332 g/mol. The molecule has 5 nitrogen and oxygen atoms in total. The second-order valence-electron chi connectivity index (χ2n) is 4.65. The van der Waals surface area contributed by atoms with Gasteiger partial charge >= 0.3 is 6.18 Å². The van der Waals surface area contributed by atoms with E-state index in [1.54, 1.807) is 0 Å². The number of alkyl halides is 4. The summed E-state index contributed by atoms with van der Waals surface area (Å²) in [6.45, 7) is -0.0546. The van der Waals surface area contributed by atoms with Gasteiger partial charge in [0.25, 0.3) is 0 Å². The van der Waals surface area contributed by atoms with Gasteiger partial charge in [0.15, 0.2) is 0 Å². The van der Waals surface area contributed by atoms with Crippen LogP contribution >= 0.6 is 11.6 Å². The van der Waals surface area contributed by atoms with Gasteiger partial charge in [-0.2, -0.15) is 22.6 Å². The molecule has 2 rings (SSSR count). The van der Waals surface area contributed by atoms with Gasteiger partial charge in [-0.3, -0.25) is 5.10 Å². The maximum Gasteiger partial charge on any atom is 0.402 e. The minimum atomic E-state index is -4.59. The fourth-order valence-corrected chi connectivity index (χ4v) is 4.24. The Balaban J connectivity index is 2.43. The fraction of sp³-hybridized carbons (Fsp3) is 0.700. The van der Waals surface area contributed by atoms with E-state index < -0.39 is 28.8 Å². The predicted octanol–water partition coefficient (Wildman–Crippen LogP) is 2.17. The van der Waals surface area contributed by atoms with Crippen molar-refractivity contribution in [2.45, 2.75) is 42.8 Å². The lowest BCUT2D eigenvalue weighted by atomic mass is 10.4. The first-order valence-electron chi connectivity index (χ1n) is 5.85. The summed E-state index contributed by atoms with van der Waals surface area (Å²) in [6, 6.07) is -0.598. The largest absolute Gasteiger partial charge is 0.402 e. The quantitative estimate of drug-likeness (QED) is 0.841. The van der Waals surface area contributed by atoms with Crippen LogP contribution in [0.4, 0.5) is 13.2 Å². The van der Waals surface area contributed by atoms with Crippen molar-refractivity contribution in [3.63, 3.8) is 0 Å². The molecular formula is C10H13ClF3N3O2S. The molecule has 1 saturated carbocycles. The highest BCUT2D eigenvalue weighted by Gasteiger charge is 2.46. The molecule has 0 spiro atoms. The number of rotatable bonds is 5. The predicted molar refractivity (Wildman–Crippen MR) is 65.9 cm³/mol. The van der Waals surface area contributed by atoms with Gasteiger partial charge in [0.1, 0.15) is 11.4 Å². The Morgan fingerprint density at radius 3 is 2.50 bits per heavy atom. The van der Waals surface area contributed by atoms with Crippen LogP contribution < -0.4 is 0 Å². The molecule has 1 aliphatic rings. The number of hydrogen-bond acceptors (Lipinski definition) is 3. The summed E-state index contributed by atoms with van der Waals surface area (Å²) < 4.78 is 63.2. The molecule has 1 aromatic rings. The molecule has 1 N–H and O–H groups in total. The Morgan fingerprint density at radius 2 is 2.05 bits per heavy atom. The molecule has 0 unspecified atom stereocenters. The first-order valence-corrected chi connectivity index (χ1v) is 7.82. The van der Waals surface area contributed by atoms with Crippen LogP contribution in [0.2, 0.25) is 0 Å². The lowest BCUT2D eigenvalue weighted by Gasteiger charge is -2.23. The number of hydrogen-bond donors (Lipinski definition) is 1. The van der Waals surface area contributed by atoms with Crippen molar-refractivity contribution in [3.8, 4) is 0 Å². The van der Waals surface area contributed by atoms with Crippen molar-refractivity contribution in [2.75, 3.05) is 6.54 Å². The Morgan fingerprint density at radius 1 is 1.45 bits per heavy atom. The van der Waals surface area contributed by atoms with Gasteiger partial charge in [-0.05, 0) is 19.8 Å². The van der Waals surface area contributed by atoms with E-state index in [0.29, 0.717) is 17.1 Å². The number of aryl methyl sites for hydroxylation is 1. The molecule has 0 aromatic carbocycles. The number of sulfonamides is 1. The van der Waals surface area contributed by atoms with Crippen LogP contribution in [0.25, 0.3) is 0 Å². The number of nitrogens with zero attached hydrogens (tertiary/aromatic N) is 2. The van der Waals surface area contributed by atoms with E-state index in [9.17, 15) is 21.6 Å². The third-order valence-corrected chi connectivity index (χ3v) is 5.30. The van der Waals surface area contributed by atoms with Crippen molar-refractivity contribution in [1.82, 2.24) is 14.5 Å². The molecule has 1 aliphatic carbocycles. The SMILES string of the molecule is Cc1[nH]nc(CCl)c1S(=O)(=O)N(CC(F)(F)F)C1CC1. The average Bonchev–Trinajstić information content (AvgIpc) is 3.07. The van der Waals surface area contributed by atoms with E-state index >= 15 is 0 Å². The molecule has 0 radical (unpaired) electrons. The maximum absolute atomic E-state index is 12.6. The van der Waals surface area contributed by atoms with Gasteiger partial charge in [-0.1, -0.05) is 0 Å². The van der Waals surface area contributed by atoms with Crippen molar-refractivity contribution in [3.05, 3.63) is 11.4 Å². The topological polar surface area (TPSA) is 66.1 Å². The number of H-pyrrole nitrogens is 1. The highest BCUT2D eigenvalue weighted by Crippen LogP contribution is 2.36. The molecule has 20 heavy (non-hydrogen) atoms. The first kappa shape index (κ1) is 15.6. The van der Waals surface area contributed by atoms with Crippen molar-refractivity contribution in [1.29, 1.82) is 0 Å². The minimum absolute atomic E-state index is 0.0389. The minimum Gasteiger partial charge on any atom is -0.281 e. The summed E-state index contributed by atoms with van der Waals surface area (Å²) in [6.07, 6.45) is -3.72. The lowest BCUT2D eigenvalue weighted by molar-refractivity contribution is -0.137. The third kappa shape index (κ3) is 3.09. The highest BCUT2D eigenvalue weighted by molar-refractivity contribution is 7.89. The summed E-state index contributed by atoms with van der Waals surface area (Å²) in [5.74, 6) is -0.191. The molecule has 0 atom stereocenters. The normalized spacial score (nSPS) is 16.9.